The Balaban J connectivity index is 1.81. The van der Waals surface area contributed by atoms with Crippen molar-refractivity contribution in [1.29, 1.82) is 0 Å². The van der Waals surface area contributed by atoms with Gasteiger partial charge in [0.25, 0.3) is 0 Å². The molecule has 1 amide bonds. The van der Waals surface area contributed by atoms with Crippen molar-refractivity contribution in [2.24, 2.45) is 0 Å². The number of aromatic amines is 1. The van der Waals surface area contributed by atoms with Crippen molar-refractivity contribution in [1.82, 2.24) is 20.1 Å². The predicted octanol–water partition coefficient (Wildman–Crippen LogP) is 2.56. The minimum Gasteiger partial charge on any atom is -0.496 e. The number of rotatable bonds is 4. The number of likely N-dealkylation sites (tertiary alicyclic amines) is 1. The third kappa shape index (κ3) is 3.39. The number of halogens is 1. The summed E-state index contributed by atoms with van der Waals surface area (Å²) >= 11 is 0. The number of nitrogens with one attached hydrogen (secondary N) is 1. The second-order valence-corrected chi connectivity index (χ2v) is 6.01. The first-order valence-corrected chi connectivity index (χ1v) is 8.09. The number of carbonyl (C=O) groups is 1. The molecule has 2 heterocycles. The molecular formula is C17H21FN4O2. The maximum absolute atomic E-state index is 13.5. The van der Waals surface area contributed by atoms with Crippen LogP contribution in [0.4, 0.5) is 4.39 Å². The normalized spacial score (nSPS) is 17.8. The number of methoxy groups -OCH3 is 1. The summed E-state index contributed by atoms with van der Waals surface area (Å²) in [7, 11) is 1.52. The van der Waals surface area contributed by atoms with Crippen LogP contribution in [-0.4, -0.2) is 39.6 Å². The zero-order valence-corrected chi connectivity index (χ0v) is 13.9. The lowest BCUT2D eigenvalue weighted by molar-refractivity contribution is -0.134. The number of benzene rings is 1. The lowest BCUT2D eigenvalue weighted by Gasteiger charge is -2.34. The van der Waals surface area contributed by atoms with Crippen molar-refractivity contribution in [3.63, 3.8) is 0 Å². The van der Waals surface area contributed by atoms with Gasteiger partial charge in [-0.2, -0.15) is 5.10 Å². The summed E-state index contributed by atoms with van der Waals surface area (Å²) in [6, 6.07) is 4.10. The number of aromatic nitrogens is 3. The van der Waals surface area contributed by atoms with E-state index in [2.05, 4.69) is 15.2 Å². The van der Waals surface area contributed by atoms with E-state index < -0.39 is 0 Å². The molecule has 0 aliphatic carbocycles. The fraction of sp³-hybridized carbons (Fsp3) is 0.471. The quantitative estimate of drug-likeness (QED) is 0.934. The largest absolute Gasteiger partial charge is 0.496 e. The number of amides is 1. The molecule has 128 valence electrons. The van der Waals surface area contributed by atoms with Gasteiger partial charge in [0, 0.05) is 12.1 Å². The van der Waals surface area contributed by atoms with Gasteiger partial charge in [-0.05, 0) is 44.4 Å². The SMILES string of the molecule is COc1ccc(F)cc1CC(=O)N1CCCC[C@@H]1c1n[nH]c(C)n1. The highest BCUT2D eigenvalue weighted by molar-refractivity contribution is 5.80. The van der Waals surface area contributed by atoms with Crippen molar-refractivity contribution in [3.05, 3.63) is 41.2 Å². The minimum atomic E-state index is -0.376. The highest BCUT2D eigenvalue weighted by Gasteiger charge is 2.31. The smallest absolute Gasteiger partial charge is 0.227 e. The second kappa shape index (κ2) is 6.98. The van der Waals surface area contributed by atoms with Crippen LogP contribution in [0.2, 0.25) is 0 Å². The molecule has 2 aromatic rings. The Bertz CT molecular complexity index is 731. The van der Waals surface area contributed by atoms with Gasteiger partial charge < -0.3 is 9.64 Å². The molecule has 1 fully saturated rings. The number of piperidine rings is 1. The summed E-state index contributed by atoms with van der Waals surface area (Å²) in [6.07, 6.45) is 2.92. The van der Waals surface area contributed by atoms with Crippen LogP contribution in [0.3, 0.4) is 0 Å². The summed E-state index contributed by atoms with van der Waals surface area (Å²) in [6.45, 7) is 2.50. The number of hydrogen-bond acceptors (Lipinski definition) is 4. The lowest BCUT2D eigenvalue weighted by atomic mass is 10.00. The first-order chi connectivity index (χ1) is 11.6. The molecule has 1 aliphatic rings. The molecule has 1 atom stereocenters. The van der Waals surface area contributed by atoms with E-state index in [1.54, 1.807) is 11.0 Å². The first kappa shape index (κ1) is 16.4. The Hall–Kier alpha value is -2.44. The minimum absolute atomic E-state index is 0.0638. The summed E-state index contributed by atoms with van der Waals surface area (Å²) in [5.74, 6) is 1.46. The zero-order valence-electron chi connectivity index (χ0n) is 13.9. The maximum Gasteiger partial charge on any atom is 0.227 e. The second-order valence-electron chi connectivity index (χ2n) is 6.01. The number of hydrogen-bond donors (Lipinski definition) is 1. The van der Waals surface area contributed by atoms with Crippen LogP contribution in [-0.2, 0) is 11.2 Å². The fourth-order valence-electron chi connectivity index (χ4n) is 3.16. The van der Waals surface area contributed by atoms with Gasteiger partial charge in [-0.3, -0.25) is 9.89 Å². The average Bonchev–Trinajstić information content (AvgIpc) is 3.01. The fourth-order valence-corrected chi connectivity index (χ4v) is 3.16. The Morgan fingerprint density at radius 2 is 2.29 bits per heavy atom. The van der Waals surface area contributed by atoms with E-state index in [1.165, 1.54) is 19.2 Å². The van der Waals surface area contributed by atoms with Crippen LogP contribution in [0.5, 0.6) is 5.75 Å². The predicted molar refractivity (Wildman–Crippen MR) is 86.1 cm³/mol. The van der Waals surface area contributed by atoms with E-state index in [1.807, 2.05) is 6.92 Å². The van der Waals surface area contributed by atoms with E-state index >= 15 is 0 Å². The van der Waals surface area contributed by atoms with E-state index in [4.69, 9.17) is 4.74 Å². The third-order valence-corrected chi connectivity index (χ3v) is 4.32. The highest BCUT2D eigenvalue weighted by atomic mass is 19.1. The first-order valence-electron chi connectivity index (χ1n) is 8.09. The number of H-pyrrole nitrogens is 1. The Morgan fingerprint density at radius 1 is 1.46 bits per heavy atom. The monoisotopic (exact) mass is 332 g/mol. The molecule has 0 spiro atoms. The lowest BCUT2D eigenvalue weighted by Crippen LogP contribution is -2.40. The van der Waals surface area contributed by atoms with Gasteiger partial charge in [0.2, 0.25) is 5.91 Å². The molecule has 3 rings (SSSR count). The van der Waals surface area contributed by atoms with Crippen molar-refractivity contribution in [2.45, 2.75) is 38.6 Å². The van der Waals surface area contributed by atoms with Crippen molar-refractivity contribution in [3.8, 4) is 5.75 Å². The molecule has 1 saturated heterocycles. The third-order valence-electron chi connectivity index (χ3n) is 4.32. The summed E-state index contributed by atoms with van der Waals surface area (Å²) in [5.41, 5.74) is 0.554. The van der Waals surface area contributed by atoms with E-state index in [0.717, 1.165) is 25.1 Å². The van der Waals surface area contributed by atoms with Crippen LogP contribution >= 0.6 is 0 Å². The number of nitrogens with zero attached hydrogens (tertiary/aromatic N) is 3. The molecule has 6 nitrogen and oxygen atoms in total. The Morgan fingerprint density at radius 3 is 3.00 bits per heavy atom. The zero-order chi connectivity index (χ0) is 17.1. The number of carbonyl (C=O) groups excluding carboxylic acids is 1. The van der Waals surface area contributed by atoms with E-state index in [-0.39, 0.29) is 24.2 Å². The molecule has 1 aliphatic heterocycles. The highest BCUT2D eigenvalue weighted by Crippen LogP contribution is 2.30. The molecule has 1 aromatic carbocycles. The van der Waals surface area contributed by atoms with Crippen molar-refractivity contribution < 1.29 is 13.9 Å². The van der Waals surface area contributed by atoms with Crippen LogP contribution < -0.4 is 4.74 Å². The van der Waals surface area contributed by atoms with Gasteiger partial charge in [0.1, 0.15) is 17.4 Å². The topological polar surface area (TPSA) is 71.1 Å². The molecule has 0 radical (unpaired) electrons. The molecule has 7 heteroatoms. The molecule has 24 heavy (non-hydrogen) atoms. The number of ether oxygens (including phenoxy) is 1. The van der Waals surface area contributed by atoms with Gasteiger partial charge >= 0.3 is 0 Å². The van der Waals surface area contributed by atoms with E-state index in [0.29, 0.717) is 23.7 Å². The average molecular weight is 332 g/mol. The molecule has 0 saturated carbocycles. The molecule has 1 N–H and O–H groups in total. The van der Waals surface area contributed by atoms with Gasteiger partial charge in [0.15, 0.2) is 5.82 Å². The summed E-state index contributed by atoms with van der Waals surface area (Å²) in [4.78, 5) is 19.0. The van der Waals surface area contributed by atoms with Crippen LogP contribution in [0.15, 0.2) is 18.2 Å². The van der Waals surface area contributed by atoms with Crippen LogP contribution in [0, 0.1) is 12.7 Å². The summed E-state index contributed by atoms with van der Waals surface area (Å²) in [5, 5.41) is 7.04. The van der Waals surface area contributed by atoms with Crippen molar-refractivity contribution >= 4 is 5.91 Å². The molecule has 0 unspecified atom stereocenters. The van der Waals surface area contributed by atoms with Crippen molar-refractivity contribution in [2.75, 3.05) is 13.7 Å². The Kier molecular flexibility index (Phi) is 4.78. The standard InChI is InChI=1S/C17H21FN4O2/c1-11-19-17(21-20-11)14-5-3-4-8-22(14)16(23)10-12-9-13(18)6-7-15(12)24-2/h6-7,9,14H,3-5,8,10H2,1-2H3,(H,19,20,21)/t14-/m1/s1. The van der Waals surface area contributed by atoms with Crippen LogP contribution in [0.25, 0.3) is 0 Å². The maximum atomic E-state index is 13.5. The van der Waals surface area contributed by atoms with Gasteiger partial charge in [-0.1, -0.05) is 0 Å². The van der Waals surface area contributed by atoms with Gasteiger partial charge in [0.05, 0.1) is 19.6 Å². The van der Waals surface area contributed by atoms with Gasteiger partial charge in [-0.25, -0.2) is 9.37 Å². The molecule has 1 aromatic heterocycles. The van der Waals surface area contributed by atoms with E-state index in [9.17, 15) is 9.18 Å². The number of aryl methyl sites for hydroxylation is 1. The molecule has 0 bridgehead atoms. The Labute approximate surface area is 140 Å². The van der Waals surface area contributed by atoms with Gasteiger partial charge in [-0.15, -0.1) is 0 Å². The van der Waals surface area contributed by atoms with Crippen LogP contribution in [0.1, 0.15) is 42.5 Å². The summed E-state index contributed by atoms with van der Waals surface area (Å²) < 4.78 is 18.8. The molecular weight excluding hydrogens is 311 g/mol.